The van der Waals surface area contributed by atoms with Crippen LogP contribution >= 0.6 is 0 Å². The van der Waals surface area contributed by atoms with E-state index in [1.165, 1.54) is 19.3 Å². The second-order valence-electron chi connectivity index (χ2n) is 4.99. The SMILES string of the molecule is CCCCn1cc(C)nc1N(C)C1CCNC1. The van der Waals surface area contributed by atoms with Crippen LogP contribution in [0.25, 0.3) is 0 Å². The van der Waals surface area contributed by atoms with Gasteiger partial charge >= 0.3 is 0 Å². The van der Waals surface area contributed by atoms with Gasteiger partial charge in [0.05, 0.1) is 5.69 Å². The first-order valence-corrected chi connectivity index (χ1v) is 6.69. The Kier molecular flexibility index (Phi) is 4.05. The lowest BCUT2D eigenvalue weighted by Gasteiger charge is -2.25. The van der Waals surface area contributed by atoms with Crippen molar-refractivity contribution in [3.63, 3.8) is 0 Å². The highest BCUT2D eigenvalue weighted by Gasteiger charge is 2.22. The summed E-state index contributed by atoms with van der Waals surface area (Å²) < 4.78 is 2.30. The first-order valence-electron chi connectivity index (χ1n) is 6.69. The fraction of sp³-hybridized carbons (Fsp3) is 0.769. The third kappa shape index (κ3) is 2.80. The molecule has 1 saturated heterocycles. The zero-order chi connectivity index (χ0) is 12.3. The average Bonchev–Trinajstić information content (AvgIpc) is 2.94. The lowest BCUT2D eigenvalue weighted by molar-refractivity contribution is 0.596. The molecule has 1 aromatic heterocycles. The Morgan fingerprint density at radius 3 is 3.06 bits per heavy atom. The second kappa shape index (κ2) is 5.54. The summed E-state index contributed by atoms with van der Waals surface area (Å²) in [7, 11) is 2.17. The van der Waals surface area contributed by atoms with Gasteiger partial charge in [-0.1, -0.05) is 13.3 Å². The van der Waals surface area contributed by atoms with Gasteiger partial charge < -0.3 is 14.8 Å². The number of hydrogen-bond donors (Lipinski definition) is 1. The number of aryl methyl sites for hydroxylation is 2. The molecule has 0 spiro atoms. The molecular formula is C13H24N4. The van der Waals surface area contributed by atoms with Crippen LogP contribution in [0.3, 0.4) is 0 Å². The van der Waals surface area contributed by atoms with Gasteiger partial charge in [0.2, 0.25) is 5.95 Å². The van der Waals surface area contributed by atoms with E-state index in [-0.39, 0.29) is 0 Å². The Bertz CT molecular complexity index is 352. The number of nitrogens with one attached hydrogen (secondary N) is 1. The van der Waals surface area contributed by atoms with E-state index in [1.54, 1.807) is 0 Å². The van der Waals surface area contributed by atoms with Gasteiger partial charge in [-0.2, -0.15) is 0 Å². The lowest BCUT2D eigenvalue weighted by atomic mass is 10.2. The maximum Gasteiger partial charge on any atom is 0.205 e. The first-order chi connectivity index (χ1) is 8.22. The fourth-order valence-electron chi connectivity index (χ4n) is 2.44. The van der Waals surface area contributed by atoms with Crippen LogP contribution in [0.2, 0.25) is 0 Å². The third-order valence-corrected chi connectivity index (χ3v) is 3.53. The van der Waals surface area contributed by atoms with Crippen molar-refractivity contribution in [2.45, 2.75) is 45.7 Å². The summed E-state index contributed by atoms with van der Waals surface area (Å²) in [5.74, 6) is 1.13. The monoisotopic (exact) mass is 236 g/mol. The number of imidazole rings is 1. The smallest absolute Gasteiger partial charge is 0.205 e. The molecule has 1 unspecified atom stereocenters. The molecule has 1 atom stereocenters. The summed E-state index contributed by atoms with van der Waals surface area (Å²) >= 11 is 0. The Hall–Kier alpha value is -1.03. The predicted octanol–water partition coefficient (Wildman–Crippen LogP) is 1.79. The Morgan fingerprint density at radius 2 is 2.41 bits per heavy atom. The number of aromatic nitrogens is 2. The minimum atomic E-state index is 0.595. The molecule has 1 fully saturated rings. The molecule has 1 aliphatic rings. The van der Waals surface area contributed by atoms with E-state index in [4.69, 9.17) is 0 Å². The first kappa shape index (κ1) is 12.4. The zero-order valence-electron chi connectivity index (χ0n) is 11.2. The highest BCUT2D eigenvalue weighted by molar-refractivity contribution is 5.34. The zero-order valence-corrected chi connectivity index (χ0v) is 11.2. The molecule has 1 aliphatic heterocycles. The summed E-state index contributed by atoms with van der Waals surface area (Å²) in [5.41, 5.74) is 1.12. The van der Waals surface area contributed by atoms with Crippen molar-refractivity contribution in [1.82, 2.24) is 14.9 Å². The summed E-state index contributed by atoms with van der Waals surface area (Å²) in [6, 6.07) is 0.595. The molecule has 0 saturated carbocycles. The van der Waals surface area contributed by atoms with Gasteiger partial charge in [-0.25, -0.2) is 4.98 Å². The molecular weight excluding hydrogens is 212 g/mol. The molecule has 1 N–H and O–H groups in total. The van der Waals surface area contributed by atoms with Crippen LogP contribution in [-0.4, -0.2) is 35.7 Å². The molecule has 1 aromatic rings. The quantitative estimate of drug-likeness (QED) is 0.846. The number of unbranched alkanes of at least 4 members (excludes halogenated alkanes) is 1. The van der Waals surface area contributed by atoms with Gasteiger partial charge in [0.25, 0.3) is 0 Å². The van der Waals surface area contributed by atoms with Crippen LogP contribution < -0.4 is 10.2 Å². The van der Waals surface area contributed by atoms with Gasteiger partial charge in [0, 0.05) is 32.4 Å². The number of nitrogens with zero attached hydrogens (tertiary/aromatic N) is 3. The molecule has 2 heterocycles. The molecule has 0 aliphatic carbocycles. The van der Waals surface area contributed by atoms with Crippen molar-refractivity contribution in [1.29, 1.82) is 0 Å². The van der Waals surface area contributed by atoms with Crippen molar-refractivity contribution in [2.24, 2.45) is 0 Å². The standard InChI is InChI=1S/C13H24N4/c1-4-5-8-17-10-11(2)15-13(17)16(3)12-6-7-14-9-12/h10,12,14H,4-9H2,1-3H3. The van der Waals surface area contributed by atoms with Crippen LogP contribution in [0.4, 0.5) is 5.95 Å². The van der Waals surface area contributed by atoms with E-state index in [9.17, 15) is 0 Å². The minimum Gasteiger partial charge on any atom is -0.341 e. The van der Waals surface area contributed by atoms with Crippen LogP contribution in [0.1, 0.15) is 31.9 Å². The van der Waals surface area contributed by atoms with Crippen molar-refractivity contribution in [3.05, 3.63) is 11.9 Å². The van der Waals surface area contributed by atoms with Crippen molar-refractivity contribution >= 4 is 5.95 Å². The number of rotatable bonds is 5. The van der Waals surface area contributed by atoms with Crippen molar-refractivity contribution in [3.8, 4) is 0 Å². The van der Waals surface area contributed by atoms with E-state index >= 15 is 0 Å². The molecule has 4 nitrogen and oxygen atoms in total. The molecule has 2 rings (SSSR count). The average molecular weight is 236 g/mol. The van der Waals surface area contributed by atoms with Gasteiger partial charge in [-0.05, 0) is 26.3 Å². The van der Waals surface area contributed by atoms with E-state index in [0.29, 0.717) is 6.04 Å². The van der Waals surface area contributed by atoms with Crippen LogP contribution in [0.5, 0.6) is 0 Å². The number of anilines is 1. The van der Waals surface area contributed by atoms with E-state index in [0.717, 1.165) is 31.3 Å². The fourth-order valence-corrected chi connectivity index (χ4v) is 2.44. The minimum absolute atomic E-state index is 0.595. The van der Waals surface area contributed by atoms with Crippen molar-refractivity contribution in [2.75, 3.05) is 25.0 Å². The normalized spacial score (nSPS) is 19.8. The van der Waals surface area contributed by atoms with Crippen LogP contribution in [-0.2, 0) is 6.54 Å². The van der Waals surface area contributed by atoms with Crippen LogP contribution in [0, 0.1) is 6.92 Å². The molecule has 96 valence electrons. The highest BCUT2D eigenvalue weighted by Crippen LogP contribution is 2.18. The largest absolute Gasteiger partial charge is 0.341 e. The molecule has 0 bridgehead atoms. The third-order valence-electron chi connectivity index (χ3n) is 3.53. The van der Waals surface area contributed by atoms with Gasteiger partial charge in [-0.3, -0.25) is 0 Å². The van der Waals surface area contributed by atoms with Crippen LogP contribution in [0.15, 0.2) is 6.20 Å². The van der Waals surface area contributed by atoms with E-state index in [2.05, 4.69) is 46.9 Å². The molecule has 4 heteroatoms. The highest BCUT2D eigenvalue weighted by atomic mass is 15.3. The Labute approximate surface area is 104 Å². The topological polar surface area (TPSA) is 33.1 Å². The van der Waals surface area contributed by atoms with E-state index < -0.39 is 0 Å². The summed E-state index contributed by atoms with van der Waals surface area (Å²) in [5, 5.41) is 3.41. The van der Waals surface area contributed by atoms with Crippen molar-refractivity contribution < 1.29 is 0 Å². The maximum atomic E-state index is 4.67. The Balaban J connectivity index is 2.11. The predicted molar refractivity (Wildman–Crippen MR) is 71.5 cm³/mol. The second-order valence-corrected chi connectivity index (χ2v) is 4.99. The molecule has 17 heavy (non-hydrogen) atoms. The summed E-state index contributed by atoms with van der Waals surface area (Å²) in [4.78, 5) is 7.01. The summed E-state index contributed by atoms with van der Waals surface area (Å²) in [6.45, 7) is 7.59. The van der Waals surface area contributed by atoms with E-state index in [1.807, 2.05) is 0 Å². The lowest BCUT2D eigenvalue weighted by Crippen LogP contribution is -2.35. The maximum absolute atomic E-state index is 4.67. The van der Waals surface area contributed by atoms with Gasteiger partial charge in [0.1, 0.15) is 0 Å². The molecule has 0 radical (unpaired) electrons. The Morgan fingerprint density at radius 1 is 1.59 bits per heavy atom. The number of hydrogen-bond acceptors (Lipinski definition) is 3. The summed E-state index contributed by atoms with van der Waals surface area (Å²) in [6.07, 6.45) is 5.84. The molecule has 0 amide bonds. The molecule has 0 aromatic carbocycles. The van der Waals surface area contributed by atoms with Gasteiger partial charge in [-0.15, -0.1) is 0 Å². The number of likely N-dealkylation sites (N-methyl/N-ethyl adjacent to an activating group) is 1. The van der Waals surface area contributed by atoms with Gasteiger partial charge in [0.15, 0.2) is 0 Å².